The van der Waals surface area contributed by atoms with Crippen molar-refractivity contribution in [2.75, 3.05) is 19.8 Å². The van der Waals surface area contributed by atoms with Crippen molar-refractivity contribution in [1.29, 1.82) is 0 Å². The Morgan fingerprint density at radius 1 is 1.33 bits per heavy atom. The summed E-state index contributed by atoms with van der Waals surface area (Å²) in [5.41, 5.74) is 1.95. The van der Waals surface area contributed by atoms with Crippen molar-refractivity contribution in [3.8, 4) is 17.0 Å². The standard InChI is InChI=1S/C19H18ClN3O3S/c20-13-5-3-12(4-6-13)15-10-27-19-17(15)18(22-11-23-19)26-9-16(24)21-8-14-2-1-7-25-14/h3-6,10-11,14H,1-2,7-9H2,(H,21,24). The van der Waals surface area contributed by atoms with Crippen molar-refractivity contribution < 1.29 is 14.3 Å². The molecule has 0 saturated carbocycles. The summed E-state index contributed by atoms with van der Waals surface area (Å²) in [5, 5.41) is 6.33. The van der Waals surface area contributed by atoms with Gasteiger partial charge in [-0.3, -0.25) is 4.79 Å². The molecule has 1 fully saturated rings. The van der Waals surface area contributed by atoms with Crippen molar-refractivity contribution in [1.82, 2.24) is 15.3 Å². The third-order valence-electron chi connectivity index (χ3n) is 4.38. The number of carbonyl (C=O) groups excluding carboxylic acids is 1. The third-order valence-corrected chi connectivity index (χ3v) is 5.52. The Balaban J connectivity index is 1.49. The van der Waals surface area contributed by atoms with E-state index in [1.807, 2.05) is 29.6 Å². The maximum Gasteiger partial charge on any atom is 0.258 e. The summed E-state index contributed by atoms with van der Waals surface area (Å²) in [6.45, 7) is 1.17. The Morgan fingerprint density at radius 3 is 2.96 bits per heavy atom. The largest absolute Gasteiger partial charge is 0.467 e. The average Bonchev–Trinajstić information content (AvgIpc) is 3.35. The Hall–Kier alpha value is -2.22. The molecule has 1 aliphatic heterocycles. The second kappa shape index (κ2) is 8.21. The van der Waals surface area contributed by atoms with Crippen molar-refractivity contribution in [3.63, 3.8) is 0 Å². The minimum absolute atomic E-state index is 0.102. The third kappa shape index (κ3) is 4.21. The predicted octanol–water partition coefficient (Wildman–Crippen LogP) is 3.69. The normalized spacial score (nSPS) is 16.6. The van der Waals surface area contributed by atoms with Gasteiger partial charge in [-0.2, -0.15) is 0 Å². The lowest BCUT2D eigenvalue weighted by Crippen LogP contribution is -2.35. The van der Waals surface area contributed by atoms with Gasteiger partial charge in [0.25, 0.3) is 5.91 Å². The molecule has 3 heterocycles. The van der Waals surface area contributed by atoms with Gasteiger partial charge in [-0.1, -0.05) is 23.7 Å². The predicted molar refractivity (Wildman–Crippen MR) is 105 cm³/mol. The lowest BCUT2D eigenvalue weighted by atomic mass is 10.1. The molecule has 3 aromatic rings. The van der Waals surface area contributed by atoms with Crippen LogP contribution in [0, 0.1) is 0 Å². The van der Waals surface area contributed by atoms with Crippen LogP contribution < -0.4 is 10.1 Å². The van der Waals surface area contributed by atoms with Gasteiger partial charge < -0.3 is 14.8 Å². The van der Waals surface area contributed by atoms with Gasteiger partial charge in [0, 0.05) is 29.1 Å². The van der Waals surface area contributed by atoms with Crippen molar-refractivity contribution >= 4 is 39.1 Å². The number of hydrogen-bond acceptors (Lipinski definition) is 6. The highest BCUT2D eigenvalue weighted by Gasteiger charge is 2.18. The molecule has 1 atom stereocenters. The van der Waals surface area contributed by atoms with Crippen LogP contribution in [-0.2, 0) is 9.53 Å². The molecule has 27 heavy (non-hydrogen) atoms. The average molecular weight is 404 g/mol. The highest BCUT2D eigenvalue weighted by Crippen LogP contribution is 2.37. The number of benzene rings is 1. The summed E-state index contributed by atoms with van der Waals surface area (Å²) < 4.78 is 11.2. The summed E-state index contributed by atoms with van der Waals surface area (Å²) in [7, 11) is 0. The number of ether oxygens (including phenoxy) is 2. The molecule has 8 heteroatoms. The van der Waals surface area contributed by atoms with Gasteiger partial charge in [0.05, 0.1) is 11.5 Å². The van der Waals surface area contributed by atoms with Gasteiger partial charge in [0.2, 0.25) is 5.88 Å². The van der Waals surface area contributed by atoms with E-state index < -0.39 is 0 Å². The lowest BCUT2D eigenvalue weighted by Gasteiger charge is -2.11. The number of fused-ring (bicyclic) bond motifs is 1. The second-order valence-electron chi connectivity index (χ2n) is 6.24. The van der Waals surface area contributed by atoms with Crippen molar-refractivity contribution in [2.45, 2.75) is 18.9 Å². The van der Waals surface area contributed by atoms with Gasteiger partial charge in [0.15, 0.2) is 6.61 Å². The number of rotatable bonds is 6. The van der Waals surface area contributed by atoms with Crippen molar-refractivity contribution in [3.05, 3.63) is 41.0 Å². The molecule has 1 aliphatic rings. The van der Waals surface area contributed by atoms with Crippen LogP contribution in [0.25, 0.3) is 21.3 Å². The summed E-state index contributed by atoms with van der Waals surface area (Å²) >= 11 is 7.49. The number of carbonyl (C=O) groups is 1. The Labute approximate surface area is 165 Å². The van der Waals surface area contributed by atoms with E-state index in [2.05, 4.69) is 15.3 Å². The van der Waals surface area contributed by atoms with E-state index in [-0.39, 0.29) is 18.6 Å². The number of hydrogen-bond donors (Lipinski definition) is 1. The molecule has 0 aliphatic carbocycles. The summed E-state index contributed by atoms with van der Waals surface area (Å²) in [6.07, 6.45) is 3.58. The summed E-state index contributed by atoms with van der Waals surface area (Å²) in [5.74, 6) is 0.207. The molecule has 0 bridgehead atoms. The first-order valence-electron chi connectivity index (χ1n) is 8.70. The van der Waals surface area contributed by atoms with Crippen LogP contribution in [0.3, 0.4) is 0 Å². The van der Waals surface area contributed by atoms with Gasteiger partial charge in [0.1, 0.15) is 11.2 Å². The van der Waals surface area contributed by atoms with Crippen LogP contribution >= 0.6 is 22.9 Å². The summed E-state index contributed by atoms with van der Waals surface area (Å²) in [4.78, 5) is 21.4. The molecular formula is C19H18ClN3O3S. The number of nitrogens with one attached hydrogen (secondary N) is 1. The van der Waals surface area contributed by atoms with Gasteiger partial charge in [-0.05, 0) is 30.5 Å². The van der Waals surface area contributed by atoms with E-state index >= 15 is 0 Å². The molecule has 0 spiro atoms. The zero-order chi connectivity index (χ0) is 18.6. The van der Waals surface area contributed by atoms with Crippen LogP contribution in [-0.4, -0.2) is 41.7 Å². The maximum absolute atomic E-state index is 12.1. The van der Waals surface area contributed by atoms with Crippen LogP contribution in [0.15, 0.2) is 36.0 Å². The molecule has 1 unspecified atom stereocenters. The first-order valence-corrected chi connectivity index (χ1v) is 9.95. The van der Waals surface area contributed by atoms with Crippen LogP contribution in [0.2, 0.25) is 5.02 Å². The molecule has 1 amide bonds. The molecular weight excluding hydrogens is 386 g/mol. The molecule has 140 valence electrons. The Morgan fingerprint density at radius 2 is 2.19 bits per heavy atom. The minimum atomic E-state index is -0.194. The SMILES string of the molecule is O=C(COc1ncnc2scc(-c3ccc(Cl)cc3)c12)NCC1CCCO1. The van der Waals surface area contributed by atoms with Crippen LogP contribution in [0.5, 0.6) is 5.88 Å². The fraction of sp³-hybridized carbons (Fsp3) is 0.316. The number of amides is 1. The van der Waals surface area contributed by atoms with Gasteiger partial charge in [-0.25, -0.2) is 9.97 Å². The molecule has 2 aromatic heterocycles. The zero-order valence-electron chi connectivity index (χ0n) is 14.5. The van der Waals surface area contributed by atoms with E-state index in [1.54, 1.807) is 0 Å². The van der Waals surface area contributed by atoms with Crippen LogP contribution in [0.1, 0.15) is 12.8 Å². The number of halogens is 1. The molecule has 1 N–H and O–H groups in total. The number of thiophene rings is 1. The molecule has 1 saturated heterocycles. The van der Waals surface area contributed by atoms with E-state index in [9.17, 15) is 4.79 Å². The van der Waals surface area contributed by atoms with Crippen LogP contribution in [0.4, 0.5) is 0 Å². The van der Waals surface area contributed by atoms with Crippen molar-refractivity contribution in [2.24, 2.45) is 0 Å². The van der Waals surface area contributed by atoms with E-state index in [4.69, 9.17) is 21.1 Å². The molecule has 1 aromatic carbocycles. The highest BCUT2D eigenvalue weighted by molar-refractivity contribution is 7.17. The Bertz CT molecular complexity index is 939. The smallest absolute Gasteiger partial charge is 0.258 e. The number of aromatic nitrogens is 2. The first-order chi connectivity index (χ1) is 13.2. The zero-order valence-corrected chi connectivity index (χ0v) is 16.1. The van der Waals surface area contributed by atoms with E-state index in [0.29, 0.717) is 17.4 Å². The summed E-state index contributed by atoms with van der Waals surface area (Å²) in [6, 6.07) is 7.55. The van der Waals surface area contributed by atoms with E-state index in [0.717, 1.165) is 40.8 Å². The Kier molecular flexibility index (Phi) is 5.52. The lowest BCUT2D eigenvalue weighted by molar-refractivity contribution is -0.123. The van der Waals surface area contributed by atoms with E-state index in [1.165, 1.54) is 17.7 Å². The maximum atomic E-state index is 12.1. The van der Waals surface area contributed by atoms with Gasteiger partial charge >= 0.3 is 0 Å². The molecule has 6 nitrogen and oxygen atoms in total. The monoisotopic (exact) mass is 403 g/mol. The molecule has 0 radical (unpaired) electrons. The molecule has 4 rings (SSSR count). The number of nitrogens with zero attached hydrogens (tertiary/aromatic N) is 2. The topological polar surface area (TPSA) is 73.3 Å². The quantitative estimate of drug-likeness (QED) is 0.679. The minimum Gasteiger partial charge on any atom is -0.467 e. The highest BCUT2D eigenvalue weighted by atomic mass is 35.5. The van der Waals surface area contributed by atoms with Gasteiger partial charge in [-0.15, -0.1) is 11.3 Å². The fourth-order valence-corrected chi connectivity index (χ4v) is 4.05. The second-order valence-corrected chi connectivity index (χ2v) is 7.54. The fourth-order valence-electron chi connectivity index (χ4n) is 3.02. The first kappa shape index (κ1) is 18.2.